The molecule has 8 heteroatoms. The summed E-state index contributed by atoms with van der Waals surface area (Å²) >= 11 is 1.48. The van der Waals surface area contributed by atoms with Crippen molar-refractivity contribution in [3.05, 3.63) is 58.6 Å². The lowest BCUT2D eigenvalue weighted by atomic mass is 10.1. The van der Waals surface area contributed by atoms with E-state index in [2.05, 4.69) is 82.4 Å². The summed E-state index contributed by atoms with van der Waals surface area (Å²) in [5, 5.41) is 6.37. The molecule has 0 aliphatic carbocycles. The van der Waals surface area contributed by atoms with Crippen LogP contribution in [0.2, 0.25) is 0 Å². The minimum absolute atomic E-state index is 0.187. The predicted molar refractivity (Wildman–Crippen MR) is 109 cm³/mol. The molecule has 0 bridgehead atoms. The summed E-state index contributed by atoms with van der Waals surface area (Å²) in [5.74, 6) is -0.0726. The van der Waals surface area contributed by atoms with Crippen molar-refractivity contribution in [3.63, 3.8) is 0 Å². The zero-order chi connectivity index (χ0) is 20.1. The van der Waals surface area contributed by atoms with Gasteiger partial charge in [0.25, 0.3) is 5.91 Å². The third-order valence-electron chi connectivity index (χ3n) is 3.89. The van der Waals surface area contributed by atoms with Crippen LogP contribution in [0.15, 0.2) is 53.3 Å². The molecule has 1 N–H and O–H groups in total. The predicted octanol–water partition coefficient (Wildman–Crippen LogP) is 3.08. The summed E-state index contributed by atoms with van der Waals surface area (Å²) in [7, 11) is 0. The molecule has 0 spiro atoms. The summed E-state index contributed by atoms with van der Waals surface area (Å²) in [6.45, 7) is 8.20. The van der Waals surface area contributed by atoms with Gasteiger partial charge < -0.3 is 9.30 Å². The number of carbonyl (C=O) groups is 1. The van der Waals surface area contributed by atoms with Crippen LogP contribution in [0.5, 0.6) is 5.88 Å². The Morgan fingerprint density at radius 1 is 1.25 bits per heavy atom. The first-order chi connectivity index (χ1) is 13.3. The van der Waals surface area contributed by atoms with Crippen LogP contribution in [0, 0.1) is 6.92 Å². The maximum Gasteiger partial charge on any atom is 0.278 e. The molecule has 0 atom stereocenters. The average Bonchev–Trinajstić information content (AvgIpc) is 3.10. The Morgan fingerprint density at radius 2 is 2.00 bits per heavy atom. The zero-order valence-corrected chi connectivity index (χ0v) is 17.2. The van der Waals surface area contributed by atoms with Crippen molar-refractivity contribution >= 4 is 17.2 Å². The second kappa shape index (κ2) is 8.35. The molecule has 2 heterocycles. The molecule has 0 fully saturated rings. The van der Waals surface area contributed by atoms with E-state index in [0.717, 1.165) is 11.3 Å². The topological polar surface area (TPSA) is 81.4 Å². The van der Waals surface area contributed by atoms with E-state index in [4.69, 9.17) is 4.74 Å². The zero-order valence-electron chi connectivity index (χ0n) is 16.3. The number of hydrogen-bond acceptors (Lipinski definition) is 6. The molecule has 0 aliphatic rings. The number of amides is 1. The summed E-state index contributed by atoms with van der Waals surface area (Å²) in [5.41, 5.74) is 5.72. The summed E-state index contributed by atoms with van der Waals surface area (Å²) in [4.78, 5) is 20.6. The minimum atomic E-state index is -0.364. The van der Waals surface area contributed by atoms with E-state index in [1.54, 1.807) is 0 Å². The minimum Gasteiger partial charge on any atom is -0.466 e. The van der Waals surface area contributed by atoms with E-state index in [1.807, 2.05) is 0 Å². The Morgan fingerprint density at radius 3 is 2.64 bits per heavy atom. The Kier molecular flexibility index (Phi) is 5.89. The van der Waals surface area contributed by atoms with Gasteiger partial charge in [0.15, 0.2) is 6.61 Å². The van der Waals surface area contributed by atoms with Gasteiger partial charge in [-0.1, -0.05) is 29.8 Å². The SMILES string of the molecule is Cc1ccc(-c2cs/c(=N\NC(=O)COc3cnccn3)n2C(C)(C)C)cc1. The van der Waals surface area contributed by atoms with Crippen LogP contribution in [0.3, 0.4) is 0 Å². The van der Waals surface area contributed by atoms with Crippen LogP contribution in [0.25, 0.3) is 11.3 Å². The maximum atomic E-state index is 12.1. The quantitative estimate of drug-likeness (QED) is 0.671. The first kappa shape index (κ1) is 19.8. The Balaban J connectivity index is 1.81. The van der Waals surface area contributed by atoms with Gasteiger partial charge in [0, 0.05) is 23.3 Å². The van der Waals surface area contributed by atoms with Gasteiger partial charge in [0.05, 0.1) is 11.9 Å². The van der Waals surface area contributed by atoms with Gasteiger partial charge in [-0.25, -0.2) is 10.4 Å². The monoisotopic (exact) mass is 397 g/mol. The van der Waals surface area contributed by atoms with Gasteiger partial charge >= 0.3 is 0 Å². The highest BCUT2D eigenvalue weighted by atomic mass is 32.1. The van der Waals surface area contributed by atoms with Crippen molar-refractivity contribution < 1.29 is 9.53 Å². The number of aryl methyl sites for hydroxylation is 1. The molecular weight excluding hydrogens is 374 g/mol. The molecule has 0 aliphatic heterocycles. The molecule has 146 valence electrons. The van der Waals surface area contributed by atoms with Crippen molar-refractivity contribution in [1.29, 1.82) is 0 Å². The molecule has 1 aromatic carbocycles. The molecule has 0 unspecified atom stereocenters. The van der Waals surface area contributed by atoms with E-state index in [0.29, 0.717) is 10.7 Å². The van der Waals surface area contributed by atoms with Crippen molar-refractivity contribution in [2.75, 3.05) is 6.61 Å². The molecule has 0 saturated carbocycles. The number of nitrogens with one attached hydrogen (secondary N) is 1. The number of ether oxygens (including phenoxy) is 1. The lowest BCUT2D eigenvalue weighted by Gasteiger charge is -2.24. The highest BCUT2D eigenvalue weighted by Crippen LogP contribution is 2.26. The second-order valence-electron chi connectivity index (χ2n) is 7.25. The average molecular weight is 398 g/mol. The molecule has 3 aromatic rings. The van der Waals surface area contributed by atoms with Gasteiger partial charge in [0.2, 0.25) is 10.7 Å². The van der Waals surface area contributed by atoms with Crippen LogP contribution in [0.4, 0.5) is 0 Å². The standard InChI is InChI=1S/C20H23N5O2S/c1-14-5-7-15(8-6-14)16-13-28-19(25(16)20(2,3)4)24-23-17(26)12-27-18-11-21-9-10-22-18/h5-11,13H,12H2,1-4H3,(H,23,26)/b24-19-. The first-order valence-electron chi connectivity index (χ1n) is 8.84. The molecule has 1 amide bonds. The second-order valence-corrected chi connectivity index (χ2v) is 8.09. The molecule has 0 radical (unpaired) electrons. The molecule has 2 aromatic heterocycles. The summed E-state index contributed by atoms with van der Waals surface area (Å²) in [6, 6.07) is 8.36. The van der Waals surface area contributed by atoms with Crippen LogP contribution in [-0.2, 0) is 10.3 Å². The fourth-order valence-electron chi connectivity index (χ4n) is 2.60. The van der Waals surface area contributed by atoms with Crippen molar-refractivity contribution in [3.8, 4) is 17.1 Å². The lowest BCUT2D eigenvalue weighted by molar-refractivity contribution is -0.123. The number of hydrogen-bond donors (Lipinski definition) is 1. The smallest absolute Gasteiger partial charge is 0.278 e. The summed E-state index contributed by atoms with van der Waals surface area (Å²) < 4.78 is 7.41. The van der Waals surface area contributed by atoms with Crippen LogP contribution in [0.1, 0.15) is 26.3 Å². The normalized spacial score (nSPS) is 12.1. The number of nitrogens with zero attached hydrogens (tertiary/aromatic N) is 4. The van der Waals surface area contributed by atoms with Gasteiger partial charge in [-0.3, -0.25) is 9.78 Å². The molecule has 7 nitrogen and oxygen atoms in total. The fraction of sp³-hybridized carbons (Fsp3) is 0.300. The van der Waals surface area contributed by atoms with Gasteiger partial charge in [-0.15, -0.1) is 16.4 Å². The highest BCUT2D eigenvalue weighted by molar-refractivity contribution is 7.07. The molecule has 3 rings (SSSR count). The fourth-order valence-corrected chi connectivity index (χ4v) is 3.64. The Hall–Kier alpha value is -3.00. The number of thiazole rings is 1. The van der Waals surface area contributed by atoms with E-state index < -0.39 is 0 Å². The number of rotatable bonds is 5. The first-order valence-corrected chi connectivity index (χ1v) is 9.72. The largest absolute Gasteiger partial charge is 0.466 e. The lowest BCUT2D eigenvalue weighted by Crippen LogP contribution is -2.34. The van der Waals surface area contributed by atoms with Crippen LogP contribution in [-0.4, -0.2) is 27.0 Å². The van der Waals surface area contributed by atoms with Crippen molar-refractivity contribution in [2.24, 2.45) is 5.10 Å². The third-order valence-corrected chi connectivity index (χ3v) is 4.72. The molecule has 0 saturated heterocycles. The summed E-state index contributed by atoms with van der Waals surface area (Å²) in [6.07, 6.45) is 4.49. The van der Waals surface area contributed by atoms with Crippen LogP contribution < -0.4 is 15.0 Å². The van der Waals surface area contributed by atoms with Crippen LogP contribution >= 0.6 is 11.3 Å². The van der Waals surface area contributed by atoms with Gasteiger partial charge in [-0.05, 0) is 33.3 Å². The van der Waals surface area contributed by atoms with E-state index in [1.165, 1.54) is 35.5 Å². The van der Waals surface area contributed by atoms with E-state index in [-0.39, 0.29) is 18.1 Å². The maximum absolute atomic E-state index is 12.1. The van der Waals surface area contributed by atoms with Crippen molar-refractivity contribution in [2.45, 2.75) is 33.2 Å². The molecule has 28 heavy (non-hydrogen) atoms. The van der Waals surface area contributed by atoms with E-state index >= 15 is 0 Å². The van der Waals surface area contributed by atoms with Crippen molar-refractivity contribution in [1.82, 2.24) is 20.0 Å². The Bertz CT molecular complexity index is 1000. The third kappa shape index (κ3) is 4.83. The Labute approximate surface area is 167 Å². The van der Waals surface area contributed by atoms with Gasteiger partial charge in [0.1, 0.15) is 0 Å². The number of carbonyl (C=O) groups excluding carboxylic acids is 1. The number of benzene rings is 1. The van der Waals surface area contributed by atoms with Gasteiger partial charge in [-0.2, -0.15) is 0 Å². The molecular formula is C20H23N5O2S. The number of aromatic nitrogens is 3. The van der Waals surface area contributed by atoms with E-state index in [9.17, 15) is 4.79 Å². The highest BCUT2D eigenvalue weighted by Gasteiger charge is 2.20.